The van der Waals surface area contributed by atoms with E-state index in [4.69, 9.17) is 4.74 Å². The molecule has 0 aliphatic carbocycles. The van der Waals surface area contributed by atoms with Crippen LogP contribution >= 0.6 is 0 Å². The minimum Gasteiger partial charge on any atom is -0.497 e. The van der Waals surface area contributed by atoms with E-state index in [0.29, 0.717) is 0 Å². The average molecular weight is 236 g/mol. The van der Waals surface area contributed by atoms with Crippen molar-refractivity contribution >= 4 is 0 Å². The molecule has 0 amide bonds. The van der Waals surface area contributed by atoms with Crippen molar-refractivity contribution in [3.63, 3.8) is 0 Å². The maximum atomic E-state index is 9.94. The Balaban J connectivity index is 2.36. The summed E-state index contributed by atoms with van der Waals surface area (Å²) >= 11 is 0. The molecule has 1 atom stereocenters. The van der Waals surface area contributed by atoms with Crippen LogP contribution in [0.1, 0.15) is 38.7 Å². The summed E-state index contributed by atoms with van der Waals surface area (Å²) < 4.78 is 5.17. The summed E-state index contributed by atoms with van der Waals surface area (Å²) in [5.74, 6) is 1.58. The molecule has 0 saturated carbocycles. The topological polar surface area (TPSA) is 29.5 Å². The predicted molar refractivity (Wildman–Crippen MR) is 71.4 cm³/mol. The van der Waals surface area contributed by atoms with Crippen LogP contribution in [0, 0.1) is 5.92 Å². The highest BCUT2D eigenvalue weighted by Crippen LogP contribution is 2.16. The molecule has 0 radical (unpaired) electrons. The van der Waals surface area contributed by atoms with Crippen LogP contribution < -0.4 is 4.74 Å². The smallest absolute Gasteiger partial charge is 0.119 e. The fourth-order valence-corrected chi connectivity index (χ4v) is 1.94. The summed E-state index contributed by atoms with van der Waals surface area (Å²) in [5.41, 5.74) is 1.14. The number of aliphatic hydroxyl groups excluding tert-OH is 1. The lowest BCUT2D eigenvalue weighted by molar-refractivity contribution is 0.159. The minimum atomic E-state index is -0.235. The largest absolute Gasteiger partial charge is 0.497 e. The van der Waals surface area contributed by atoms with Crippen molar-refractivity contribution in [3.8, 4) is 5.75 Å². The highest BCUT2D eigenvalue weighted by molar-refractivity contribution is 5.28. The number of benzene rings is 1. The molecule has 0 spiro atoms. The van der Waals surface area contributed by atoms with Gasteiger partial charge >= 0.3 is 0 Å². The van der Waals surface area contributed by atoms with Crippen LogP contribution in [0.5, 0.6) is 5.75 Å². The molecule has 1 rings (SSSR count). The van der Waals surface area contributed by atoms with Gasteiger partial charge < -0.3 is 9.84 Å². The molecule has 1 aromatic rings. The van der Waals surface area contributed by atoms with Crippen LogP contribution in [0.25, 0.3) is 0 Å². The van der Waals surface area contributed by atoms with Crippen molar-refractivity contribution in [2.75, 3.05) is 7.11 Å². The van der Waals surface area contributed by atoms with Gasteiger partial charge in [-0.2, -0.15) is 0 Å². The summed E-state index contributed by atoms with van der Waals surface area (Å²) in [5, 5.41) is 9.94. The Bertz CT molecular complexity index is 320. The Morgan fingerprint density at radius 2 is 2.00 bits per heavy atom. The van der Waals surface area contributed by atoms with Gasteiger partial charge in [-0.05, 0) is 36.5 Å². The first-order valence-electron chi connectivity index (χ1n) is 6.42. The summed E-state index contributed by atoms with van der Waals surface area (Å²) in [6.07, 6.45) is 3.66. The zero-order valence-corrected chi connectivity index (χ0v) is 11.1. The lowest BCUT2D eigenvalue weighted by Gasteiger charge is -2.12. The van der Waals surface area contributed by atoms with E-state index in [1.54, 1.807) is 7.11 Å². The van der Waals surface area contributed by atoms with Crippen LogP contribution in [0.3, 0.4) is 0 Å². The van der Waals surface area contributed by atoms with E-state index in [9.17, 15) is 5.11 Å². The molecule has 96 valence electrons. The normalized spacial score (nSPS) is 12.8. The zero-order chi connectivity index (χ0) is 12.7. The molecule has 0 bridgehead atoms. The van der Waals surface area contributed by atoms with E-state index in [0.717, 1.165) is 36.5 Å². The second-order valence-corrected chi connectivity index (χ2v) is 5.03. The molecule has 0 fully saturated rings. The first-order chi connectivity index (χ1) is 8.11. The van der Waals surface area contributed by atoms with Crippen molar-refractivity contribution in [2.45, 2.75) is 45.6 Å². The number of hydrogen-bond acceptors (Lipinski definition) is 2. The Hall–Kier alpha value is -1.02. The Morgan fingerprint density at radius 3 is 2.65 bits per heavy atom. The van der Waals surface area contributed by atoms with Crippen molar-refractivity contribution in [1.29, 1.82) is 0 Å². The molecule has 0 heterocycles. The fourth-order valence-electron chi connectivity index (χ4n) is 1.94. The monoisotopic (exact) mass is 236 g/mol. The molecule has 0 aliphatic rings. The average Bonchev–Trinajstić information content (AvgIpc) is 2.28. The summed E-state index contributed by atoms with van der Waals surface area (Å²) in [7, 11) is 1.66. The Labute approximate surface area is 105 Å². The molecule has 1 unspecified atom stereocenters. The second-order valence-electron chi connectivity index (χ2n) is 5.03. The van der Waals surface area contributed by atoms with E-state index in [2.05, 4.69) is 13.8 Å². The van der Waals surface area contributed by atoms with Crippen molar-refractivity contribution in [3.05, 3.63) is 29.8 Å². The third kappa shape index (κ3) is 5.73. The maximum absolute atomic E-state index is 9.94. The van der Waals surface area contributed by atoms with E-state index < -0.39 is 0 Å². The minimum absolute atomic E-state index is 0.235. The van der Waals surface area contributed by atoms with Crippen LogP contribution in [-0.4, -0.2) is 18.3 Å². The van der Waals surface area contributed by atoms with Gasteiger partial charge in [-0.3, -0.25) is 0 Å². The van der Waals surface area contributed by atoms with E-state index in [1.807, 2.05) is 24.3 Å². The van der Waals surface area contributed by atoms with Gasteiger partial charge in [-0.1, -0.05) is 38.8 Å². The van der Waals surface area contributed by atoms with E-state index >= 15 is 0 Å². The standard InChI is InChI=1S/C15H24O2/c1-12(2)6-4-8-14(16)10-13-7-5-9-15(11-13)17-3/h5,7,9,11-12,14,16H,4,6,8,10H2,1-3H3. The molecular formula is C15H24O2. The Kier molecular flexibility index (Phi) is 6.06. The lowest BCUT2D eigenvalue weighted by atomic mass is 10.00. The van der Waals surface area contributed by atoms with Crippen LogP contribution in [0.4, 0.5) is 0 Å². The lowest BCUT2D eigenvalue weighted by Crippen LogP contribution is -2.10. The molecule has 0 aromatic heterocycles. The van der Waals surface area contributed by atoms with Crippen molar-refractivity contribution in [2.24, 2.45) is 5.92 Å². The second kappa shape index (κ2) is 7.33. The highest BCUT2D eigenvalue weighted by Gasteiger charge is 2.06. The molecule has 2 nitrogen and oxygen atoms in total. The van der Waals surface area contributed by atoms with Gasteiger partial charge in [-0.15, -0.1) is 0 Å². The quantitative estimate of drug-likeness (QED) is 0.786. The number of hydrogen-bond donors (Lipinski definition) is 1. The van der Waals surface area contributed by atoms with Crippen molar-refractivity contribution in [1.82, 2.24) is 0 Å². The van der Waals surface area contributed by atoms with Gasteiger partial charge in [0.05, 0.1) is 13.2 Å². The summed E-state index contributed by atoms with van der Waals surface area (Å²) in [4.78, 5) is 0. The van der Waals surface area contributed by atoms with Crippen LogP contribution in [0.15, 0.2) is 24.3 Å². The predicted octanol–water partition coefficient (Wildman–Crippen LogP) is 3.42. The summed E-state index contributed by atoms with van der Waals surface area (Å²) in [6.45, 7) is 4.43. The molecule has 1 N–H and O–H groups in total. The Morgan fingerprint density at radius 1 is 1.24 bits per heavy atom. The number of methoxy groups -OCH3 is 1. The van der Waals surface area contributed by atoms with Gasteiger partial charge in [0, 0.05) is 0 Å². The third-order valence-corrected chi connectivity index (χ3v) is 2.92. The third-order valence-electron chi connectivity index (χ3n) is 2.92. The molecule has 2 heteroatoms. The SMILES string of the molecule is COc1cccc(CC(O)CCCC(C)C)c1. The van der Waals surface area contributed by atoms with Crippen molar-refractivity contribution < 1.29 is 9.84 Å². The van der Waals surface area contributed by atoms with Gasteiger partial charge in [-0.25, -0.2) is 0 Å². The number of rotatable bonds is 7. The first kappa shape index (κ1) is 14.0. The number of aliphatic hydroxyl groups is 1. The molecule has 0 saturated heterocycles. The fraction of sp³-hybridized carbons (Fsp3) is 0.600. The molecule has 1 aromatic carbocycles. The van der Waals surface area contributed by atoms with E-state index in [-0.39, 0.29) is 6.10 Å². The zero-order valence-electron chi connectivity index (χ0n) is 11.1. The first-order valence-corrected chi connectivity index (χ1v) is 6.42. The van der Waals surface area contributed by atoms with Gasteiger partial charge in [0.1, 0.15) is 5.75 Å². The highest BCUT2D eigenvalue weighted by atomic mass is 16.5. The molecule has 17 heavy (non-hydrogen) atoms. The van der Waals surface area contributed by atoms with Gasteiger partial charge in [0.2, 0.25) is 0 Å². The molecular weight excluding hydrogens is 212 g/mol. The van der Waals surface area contributed by atoms with Gasteiger partial charge in [0.25, 0.3) is 0 Å². The van der Waals surface area contributed by atoms with Gasteiger partial charge in [0.15, 0.2) is 0 Å². The number of ether oxygens (including phenoxy) is 1. The summed E-state index contributed by atoms with van der Waals surface area (Å²) in [6, 6.07) is 7.92. The van der Waals surface area contributed by atoms with Crippen LogP contribution in [-0.2, 0) is 6.42 Å². The van der Waals surface area contributed by atoms with Crippen LogP contribution in [0.2, 0.25) is 0 Å². The maximum Gasteiger partial charge on any atom is 0.119 e. The molecule has 0 aliphatic heterocycles. The van der Waals surface area contributed by atoms with E-state index in [1.165, 1.54) is 6.42 Å².